The van der Waals surface area contributed by atoms with Gasteiger partial charge in [-0.2, -0.15) is 0 Å². The van der Waals surface area contributed by atoms with Crippen molar-refractivity contribution in [2.24, 2.45) is 0 Å². The number of fused-ring (bicyclic) bond motifs is 2. The second-order valence-electron chi connectivity index (χ2n) is 6.97. The smallest absolute Gasteiger partial charge is 0.872 e. The Labute approximate surface area is 215 Å². The van der Waals surface area contributed by atoms with E-state index in [-0.39, 0.29) is 57.0 Å². The third-order valence-corrected chi connectivity index (χ3v) is 4.55. The van der Waals surface area contributed by atoms with Crippen molar-refractivity contribution in [3.8, 4) is 17.2 Å². The Morgan fingerprint density at radius 2 is 0.972 bits per heavy atom. The van der Waals surface area contributed by atoms with Gasteiger partial charge in [0.2, 0.25) is 0 Å². The van der Waals surface area contributed by atoms with Crippen LogP contribution in [0.2, 0.25) is 0 Å². The van der Waals surface area contributed by atoms with Crippen LogP contribution >= 0.6 is 0 Å². The fraction of sp³-hybridized carbons (Fsp3) is 0. The second-order valence-corrected chi connectivity index (χ2v) is 6.97. The summed E-state index contributed by atoms with van der Waals surface area (Å²) in [5.74, 6) is -2.70. The Hall–Kier alpha value is -4.65. The number of carbonyl (C=O) groups is 2. The molecule has 176 valence electrons. The average molecular weight is 496 g/mol. The van der Waals surface area contributed by atoms with E-state index in [0.717, 1.165) is 0 Å². The minimum atomic E-state index is -1.13. The second kappa shape index (κ2) is 12.7. The number of carboxylic acid groups (broad SMARTS) is 2. The molecule has 0 atom stereocenters. The molecule has 0 aliphatic heterocycles. The van der Waals surface area contributed by atoms with Crippen molar-refractivity contribution < 1.29 is 35.1 Å². The van der Waals surface area contributed by atoms with Crippen LogP contribution in [0.4, 0.5) is 0 Å². The van der Waals surface area contributed by atoms with Gasteiger partial charge in [-0.05, 0) is 22.9 Å². The molecule has 2 aromatic heterocycles. The van der Waals surface area contributed by atoms with Crippen molar-refractivity contribution >= 4 is 51.1 Å². The fourth-order valence-corrected chi connectivity index (χ4v) is 2.90. The molecule has 3 aromatic carbocycles. The van der Waals surface area contributed by atoms with Gasteiger partial charge in [0.25, 0.3) is 0 Å². The van der Waals surface area contributed by atoms with Crippen LogP contribution in [0.1, 0.15) is 21.0 Å². The van der Waals surface area contributed by atoms with E-state index in [1.807, 2.05) is 6.07 Å². The van der Waals surface area contributed by atoms with Crippen LogP contribution in [-0.4, -0.2) is 49.5 Å². The molecule has 5 aromatic rings. The summed E-state index contributed by atoms with van der Waals surface area (Å²) in [4.78, 5) is 28.7. The summed E-state index contributed by atoms with van der Waals surface area (Å²) in [5, 5.41) is 51.5. The first-order valence-corrected chi connectivity index (χ1v) is 10.1. The molecule has 0 saturated heterocycles. The standard InChI is InChI=1S/2C10H7NO3.C6H6O.Al/c2*12-8-3-1-2-6-4-5-7(10(13)14)11-9(6)8;7-6-4-2-1-3-5-6;/h2*1-5,12H,(H,13,14);1-5,7H;/q;;;+3/p-3. The molecule has 0 fully saturated rings. The van der Waals surface area contributed by atoms with Crippen molar-refractivity contribution in [2.75, 3.05) is 0 Å². The maximum atomic E-state index is 11.3. The van der Waals surface area contributed by atoms with Crippen LogP contribution in [0.15, 0.2) is 91.0 Å². The van der Waals surface area contributed by atoms with E-state index >= 15 is 0 Å². The van der Waals surface area contributed by atoms with Crippen LogP contribution in [0, 0.1) is 0 Å². The van der Waals surface area contributed by atoms with Crippen molar-refractivity contribution in [3.05, 3.63) is 102 Å². The maximum Gasteiger partial charge on any atom is 3.00 e. The molecule has 36 heavy (non-hydrogen) atoms. The molecular formula is C26H17AlN2O7. The third-order valence-electron chi connectivity index (χ3n) is 4.55. The summed E-state index contributed by atoms with van der Waals surface area (Å²) in [6.45, 7) is 0. The molecule has 5 rings (SSSR count). The quantitative estimate of drug-likeness (QED) is 0.348. The molecule has 0 saturated carbocycles. The molecule has 0 unspecified atom stereocenters. The number of carboxylic acids is 2. The van der Waals surface area contributed by atoms with E-state index in [4.69, 9.17) is 10.2 Å². The number of benzene rings is 3. The van der Waals surface area contributed by atoms with Crippen LogP contribution in [0.25, 0.3) is 21.8 Å². The summed E-state index contributed by atoms with van der Waals surface area (Å²) in [5.41, 5.74) is 0.182. The van der Waals surface area contributed by atoms with Gasteiger partial charge in [0, 0.05) is 0 Å². The van der Waals surface area contributed by atoms with Gasteiger partial charge in [-0.25, -0.2) is 19.6 Å². The van der Waals surface area contributed by atoms with Crippen LogP contribution in [0.3, 0.4) is 0 Å². The van der Waals surface area contributed by atoms with E-state index in [9.17, 15) is 24.9 Å². The first kappa shape index (κ1) is 27.6. The van der Waals surface area contributed by atoms with Crippen LogP contribution in [-0.2, 0) is 0 Å². The first-order valence-electron chi connectivity index (χ1n) is 10.1. The molecule has 2 heterocycles. The summed E-state index contributed by atoms with van der Waals surface area (Å²) < 4.78 is 0. The Kier molecular flexibility index (Phi) is 9.75. The number of para-hydroxylation sites is 3. The van der Waals surface area contributed by atoms with E-state index in [2.05, 4.69) is 9.97 Å². The number of aromatic nitrogens is 2. The minimum absolute atomic E-state index is 0. The number of nitrogens with zero attached hydrogens (tertiary/aromatic N) is 2. The number of aromatic carboxylic acids is 2. The number of hydrogen-bond acceptors (Lipinski definition) is 7. The number of rotatable bonds is 2. The first-order chi connectivity index (χ1) is 16.8. The zero-order valence-corrected chi connectivity index (χ0v) is 19.7. The molecule has 0 aliphatic carbocycles. The van der Waals surface area contributed by atoms with Gasteiger partial charge >= 0.3 is 29.3 Å². The Morgan fingerprint density at radius 3 is 1.31 bits per heavy atom. The fourth-order valence-electron chi connectivity index (χ4n) is 2.90. The number of hydrogen-bond donors (Lipinski definition) is 2. The molecule has 2 N–H and O–H groups in total. The predicted octanol–water partition coefficient (Wildman–Crippen LogP) is 2.39. The summed E-state index contributed by atoms with van der Waals surface area (Å²) in [6, 6.07) is 23.6. The summed E-state index contributed by atoms with van der Waals surface area (Å²) in [7, 11) is 0. The van der Waals surface area contributed by atoms with Gasteiger partial charge in [0.1, 0.15) is 11.4 Å². The molecular weight excluding hydrogens is 479 g/mol. The molecule has 0 bridgehead atoms. The predicted molar refractivity (Wildman–Crippen MR) is 128 cm³/mol. The third kappa shape index (κ3) is 7.17. The van der Waals surface area contributed by atoms with Gasteiger partial charge in [-0.15, -0.1) is 5.75 Å². The monoisotopic (exact) mass is 496 g/mol. The van der Waals surface area contributed by atoms with Gasteiger partial charge in [-0.3, -0.25) is 0 Å². The van der Waals surface area contributed by atoms with Crippen LogP contribution < -0.4 is 15.3 Å². The largest absolute Gasteiger partial charge is 3.00 e. The van der Waals surface area contributed by atoms with Crippen molar-refractivity contribution in [1.82, 2.24) is 9.97 Å². The number of pyridine rings is 2. The maximum absolute atomic E-state index is 11.3. The van der Waals surface area contributed by atoms with Gasteiger partial charge in [-0.1, -0.05) is 90.4 Å². The minimum Gasteiger partial charge on any atom is -0.872 e. The van der Waals surface area contributed by atoms with Gasteiger partial charge in [0.15, 0.2) is 0 Å². The normalized spacial score (nSPS) is 9.67. The van der Waals surface area contributed by atoms with Crippen LogP contribution in [0.5, 0.6) is 17.2 Å². The van der Waals surface area contributed by atoms with E-state index < -0.39 is 11.9 Å². The van der Waals surface area contributed by atoms with Crippen molar-refractivity contribution in [2.45, 2.75) is 0 Å². The Balaban J connectivity index is 0.000000198. The summed E-state index contributed by atoms with van der Waals surface area (Å²) in [6.07, 6.45) is 0. The topological polar surface area (TPSA) is 170 Å². The zero-order chi connectivity index (χ0) is 25.4. The van der Waals surface area contributed by atoms with Crippen molar-refractivity contribution in [1.29, 1.82) is 0 Å². The molecule has 0 radical (unpaired) electrons. The molecule has 10 heteroatoms. The zero-order valence-electron chi connectivity index (χ0n) is 18.6. The Morgan fingerprint density at radius 1 is 0.556 bits per heavy atom. The van der Waals surface area contributed by atoms with Gasteiger partial charge < -0.3 is 25.5 Å². The molecule has 0 aliphatic rings. The summed E-state index contributed by atoms with van der Waals surface area (Å²) >= 11 is 0. The SMILES string of the molecule is O=C(O)c1ccc2cccc([O-])c2n1.O=C(O)c1ccc2cccc([O-])c2n1.[Al+3].[O-]c1ccccc1. The Bertz CT molecular complexity index is 1400. The van der Waals surface area contributed by atoms with Crippen molar-refractivity contribution in [3.63, 3.8) is 0 Å². The van der Waals surface area contributed by atoms with Gasteiger partial charge in [0.05, 0.1) is 11.0 Å². The van der Waals surface area contributed by atoms with E-state index in [1.54, 1.807) is 48.5 Å². The molecule has 9 nitrogen and oxygen atoms in total. The van der Waals surface area contributed by atoms with E-state index in [0.29, 0.717) is 10.8 Å². The molecule has 0 spiro atoms. The van der Waals surface area contributed by atoms with E-state index in [1.165, 1.54) is 36.4 Å². The molecule has 0 amide bonds. The average Bonchev–Trinajstić information content (AvgIpc) is 2.85.